The molecule has 0 spiro atoms. The van der Waals surface area contributed by atoms with Crippen LogP contribution in [0.5, 0.6) is 11.5 Å². The van der Waals surface area contributed by atoms with Gasteiger partial charge in [-0.15, -0.1) is 0 Å². The number of imidazole rings is 1. The molecule has 1 N–H and O–H groups in total. The van der Waals surface area contributed by atoms with Crippen LogP contribution in [0.25, 0.3) is 0 Å². The van der Waals surface area contributed by atoms with Gasteiger partial charge in [-0.2, -0.15) is 0 Å². The minimum Gasteiger partial charge on any atom is -1.00 e. The molecule has 1 atom stereocenters. The molecule has 0 aliphatic carbocycles. The van der Waals surface area contributed by atoms with Crippen LogP contribution in [-0.4, -0.2) is 67.8 Å². The van der Waals surface area contributed by atoms with Crippen LogP contribution >= 0.6 is 23.2 Å². The third kappa shape index (κ3) is 8.60. The van der Waals surface area contributed by atoms with Gasteiger partial charge in [-0.05, 0) is 79.1 Å². The molecule has 1 amide bonds. The summed E-state index contributed by atoms with van der Waals surface area (Å²) in [6.45, 7) is 13.6. The van der Waals surface area contributed by atoms with Crippen molar-refractivity contribution in [3.8, 4) is 11.5 Å². The summed E-state index contributed by atoms with van der Waals surface area (Å²) in [5.74, 6) is -0.0509. The first-order chi connectivity index (χ1) is 24.4. The standard InChI is InChI=1S/C39H44Cl2N4O6.BrH/c1-25(2)38(47)51-36-26(3)20-29(21-27(36)4)23-45-13-12-42-37(45)34(39(49-18-19-50-39)33-11-6-30(40)22-35(33)41)24-48-32-9-7-31(8-10-32)44-16-14-43(15-17-44)28(5)46;/h6-13,20-22,25,34H,14-19,23-24H2,1-5H3;1H. The summed E-state index contributed by atoms with van der Waals surface area (Å²) in [6.07, 6.45) is 3.86. The average molecular weight is 817 g/mol. The van der Waals surface area contributed by atoms with Gasteiger partial charge in [-0.3, -0.25) is 9.59 Å². The van der Waals surface area contributed by atoms with Crippen molar-refractivity contribution in [3.63, 3.8) is 0 Å². The van der Waals surface area contributed by atoms with Gasteiger partial charge in [-0.1, -0.05) is 43.1 Å². The number of amides is 1. The molecule has 6 rings (SSSR count). The van der Waals surface area contributed by atoms with Crippen molar-refractivity contribution >= 4 is 40.8 Å². The molecule has 0 saturated carbocycles. The van der Waals surface area contributed by atoms with Crippen molar-refractivity contribution < 1.29 is 50.1 Å². The minimum absolute atomic E-state index is 0. The molecule has 13 heteroatoms. The molecule has 3 heterocycles. The SMILES string of the molecule is CC(=O)N1CCN(c2ccc(OCC(c3[nH]cc[n+]3Cc3cc(C)c(OC(=O)C(C)C)c(C)c3)C3(c4ccc(Cl)cc4Cl)OCCO3)cc2)CC1.[Br-]. The predicted molar refractivity (Wildman–Crippen MR) is 196 cm³/mol. The summed E-state index contributed by atoms with van der Waals surface area (Å²) in [4.78, 5) is 31.8. The Morgan fingerprint density at radius 2 is 1.62 bits per heavy atom. The van der Waals surface area contributed by atoms with Gasteiger partial charge >= 0.3 is 5.97 Å². The van der Waals surface area contributed by atoms with Gasteiger partial charge in [0.15, 0.2) is 5.92 Å². The van der Waals surface area contributed by atoms with Crippen LogP contribution in [0.2, 0.25) is 10.0 Å². The largest absolute Gasteiger partial charge is 1.00 e. The second-order valence-corrected chi connectivity index (χ2v) is 14.3. The molecule has 2 aliphatic rings. The number of piperazine rings is 1. The Bertz CT molecular complexity index is 1850. The number of aromatic nitrogens is 2. The minimum atomic E-state index is -1.27. The summed E-state index contributed by atoms with van der Waals surface area (Å²) < 4.78 is 27.4. The maximum absolute atomic E-state index is 12.4. The van der Waals surface area contributed by atoms with Crippen LogP contribution in [0.3, 0.4) is 0 Å². The summed E-state index contributed by atoms with van der Waals surface area (Å²) in [5.41, 5.74) is 4.53. The fraction of sp³-hybridized carbons (Fsp3) is 0.410. The van der Waals surface area contributed by atoms with E-state index in [-0.39, 0.29) is 41.4 Å². The summed E-state index contributed by atoms with van der Waals surface area (Å²) in [6, 6.07) is 17.4. The normalized spacial score (nSPS) is 16.1. The number of halogens is 3. The zero-order chi connectivity index (χ0) is 36.3. The Labute approximate surface area is 325 Å². The highest BCUT2D eigenvalue weighted by atomic mass is 79.9. The zero-order valence-corrected chi connectivity index (χ0v) is 33.2. The second-order valence-electron chi connectivity index (χ2n) is 13.4. The second kappa shape index (κ2) is 17.0. The molecule has 52 heavy (non-hydrogen) atoms. The number of anilines is 1. The number of esters is 1. The van der Waals surface area contributed by atoms with E-state index in [1.807, 2.05) is 87.5 Å². The third-order valence-corrected chi connectivity index (χ3v) is 10.0. The van der Waals surface area contributed by atoms with Crippen LogP contribution in [0, 0.1) is 19.8 Å². The van der Waals surface area contributed by atoms with E-state index in [1.165, 1.54) is 0 Å². The van der Waals surface area contributed by atoms with E-state index in [2.05, 4.69) is 14.5 Å². The first-order valence-electron chi connectivity index (χ1n) is 17.3. The molecule has 0 radical (unpaired) electrons. The maximum Gasteiger partial charge on any atom is 0.313 e. The van der Waals surface area contributed by atoms with E-state index in [9.17, 15) is 9.59 Å². The van der Waals surface area contributed by atoms with Crippen LogP contribution in [-0.2, 0) is 31.4 Å². The lowest BCUT2D eigenvalue weighted by Crippen LogP contribution is -3.00. The number of hydrogen-bond donors (Lipinski definition) is 1. The highest BCUT2D eigenvalue weighted by molar-refractivity contribution is 6.35. The number of H-pyrrole nitrogens is 1. The molecule has 10 nitrogen and oxygen atoms in total. The Morgan fingerprint density at radius 3 is 2.21 bits per heavy atom. The fourth-order valence-corrected chi connectivity index (χ4v) is 7.39. The first-order valence-corrected chi connectivity index (χ1v) is 18.1. The number of rotatable bonds is 11. The van der Waals surface area contributed by atoms with E-state index in [0.29, 0.717) is 60.0 Å². The van der Waals surface area contributed by atoms with Crippen LogP contribution in [0.15, 0.2) is 67.0 Å². The number of aromatic amines is 1. The van der Waals surface area contributed by atoms with Crippen molar-refractivity contribution in [2.75, 3.05) is 50.9 Å². The third-order valence-electron chi connectivity index (χ3n) is 9.50. The molecule has 1 unspecified atom stereocenters. The van der Waals surface area contributed by atoms with Crippen molar-refractivity contribution in [2.24, 2.45) is 5.92 Å². The quantitative estimate of drug-likeness (QED) is 0.141. The van der Waals surface area contributed by atoms with E-state index >= 15 is 0 Å². The monoisotopic (exact) mass is 814 g/mol. The molecule has 2 fully saturated rings. The predicted octanol–water partition coefficient (Wildman–Crippen LogP) is 3.57. The lowest BCUT2D eigenvalue weighted by Gasteiger charge is -2.35. The molecular formula is C39H45BrCl2N4O6. The Kier molecular flexibility index (Phi) is 13.0. The van der Waals surface area contributed by atoms with Crippen LogP contribution in [0.4, 0.5) is 5.69 Å². The Balaban J connectivity index is 0.00000523. The van der Waals surface area contributed by atoms with E-state index in [1.54, 1.807) is 19.1 Å². The van der Waals surface area contributed by atoms with E-state index in [4.69, 9.17) is 42.1 Å². The molecule has 4 aromatic rings. The zero-order valence-electron chi connectivity index (χ0n) is 30.1. The summed E-state index contributed by atoms with van der Waals surface area (Å²) in [7, 11) is 0. The molecular weight excluding hydrogens is 771 g/mol. The van der Waals surface area contributed by atoms with Gasteiger partial charge in [-0.25, -0.2) is 9.55 Å². The number of benzene rings is 3. The number of nitrogens with zero attached hydrogens (tertiary/aromatic N) is 3. The van der Waals surface area contributed by atoms with Crippen molar-refractivity contribution in [1.82, 2.24) is 9.88 Å². The van der Waals surface area contributed by atoms with Crippen LogP contribution < -0.4 is 35.9 Å². The van der Waals surface area contributed by atoms with Crippen molar-refractivity contribution in [2.45, 2.75) is 52.9 Å². The van der Waals surface area contributed by atoms with Gasteiger partial charge in [0.2, 0.25) is 11.7 Å². The lowest BCUT2D eigenvalue weighted by molar-refractivity contribution is -0.697. The van der Waals surface area contributed by atoms with Gasteiger partial charge in [0.25, 0.3) is 5.82 Å². The van der Waals surface area contributed by atoms with E-state index in [0.717, 1.165) is 41.3 Å². The summed E-state index contributed by atoms with van der Waals surface area (Å²) in [5, 5.41) is 0.940. The average Bonchev–Trinajstić information content (AvgIpc) is 3.78. The Hall–Kier alpha value is -3.61. The molecule has 278 valence electrons. The van der Waals surface area contributed by atoms with E-state index < -0.39 is 11.7 Å². The van der Waals surface area contributed by atoms with Crippen molar-refractivity contribution in [1.29, 1.82) is 0 Å². The number of hydrogen-bond acceptors (Lipinski definition) is 7. The Morgan fingerprint density at radius 1 is 0.962 bits per heavy atom. The topological polar surface area (TPSA) is 97.2 Å². The number of nitrogens with one attached hydrogen (secondary N) is 1. The molecule has 3 aromatic carbocycles. The smallest absolute Gasteiger partial charge is 0.313 e. The number of aryl methyl sites for hydroxylation is 2. The maximum atomic E-state index is 12.4. The summed E-state index contributed by atoms with van der Waals surface area (Å²) >= 11 is 13.2. The fourth-order valence-electron chi connectivity index (χ4n) is 6.85. The molecule has 2 aliphatic heterocycles. The molecule has 0 bridgehead atoms. The number of ether oxygens (including phenoxy) is 4. The van der Waals surface area contributed by atoms with Crippen LogP contribution in [0.1, 0.15) is 54.8 Å². The first kappa shape index (κ1) is 39.6. The highest BCUT2D eigenvalue weighted by Crippen LogP contribution is 2.46. The molecule has 1 aromatic heterocycles. The van der Waals surface area contributed by atoms with Gasteiger partial charge in [0.05, 0.1) is 24.2 Å². The molecule has 2 saturated heterocycles. The lowest BCUT2D eigenvalue weighted by atomic mass is 9.90. The number of carbonyl (C=O) groups excluding carboxylic acids is 2. The van der Waals surface area contributed by atoms with Gasteiger partial charge in [0, 0.05) is 49.4 Å². The van der Waals surface area contributed by atoms with Crippen molar-refractivity contribution in [3.05, 3.63) is 105 Å². The van der Waals surface area contributed by atoms with Gasteiger partial charge in [0.1, 0.15) is 37.0 Å². The highest BCUT2D eigenvalue weighted by Gasteiger charge is 2.52. The van der Waals surface area contributed by atoms with Gasteiger partial charge < -0.3 is 45.7 Å². The number of carbonyl (C=O) groups is 2.